The molecule has 41 heavy (non-hydrogen) atoms. The lowest BCUT2D eigenvalue weighted by molar-refractivity contribution is -0.141. The van der Waals surface area contributed by atoms with Gasteiger partial charge in [0.05, 0.1) is 28.6 Å². The highest BCUT2D eigenvalue weighted by molar-refractivity contribution is 7.92. The molecule has 1 atom stereocenters. The van der Waals surface area contributed by atoms with Gasteiger partial charge in [0.1, 0.15) is 24.0 Å². The van der Waals surface area contributed by atoms with Gasteiger partial charge in [-0.3, -0.25) is 13.9 Å². The number of rotatable bonds is 4. The van der Waals surface area contributed by atoms with E-state index in [2.05, 4.69) is 0 Å². The first-order chi connectivity index (χ1) is 19.2. The smallest absolute Gasteiger partial charge is 0.416 e. The third kappa shape index (κ3) is 6.42. The van der Waals surface area contributed by atoms with Crippen LogP contribution < -0.4 is 9.04 Å². The second-order valence-corrected chi connectivity index (χ2v) is 11.1. The highest BCUT2D eigenvalue weighted by Crippen LogP contribution is 2.40. The van der Waals surface area contributed by atoms with Gasteiger partial charge in [-0.15, -0.1) is 0 Å². The van der Waals surface area contributed by atoms with E-state index in [1.165, 1.54) is 23.1 Å². The van der Waals surface area contributed by atoms with Gasteiger partial charge in [0, 0.05) is 25.6 Å². The van der Waals surface area contributed by atoms with Crippen LogP contribution in [0.15, 0.2) is 65.6 Å². The zero-order chi connectivity index (χ0) is 30.1. The van der Waals surface area contributed by atoms with E-state index in [4.69, 9.17) is 9.84 Å². The minimum atomic E-state index is -4.71. The number of alkyl halides is 3. The molecule has 0 spiro atoms. The van der Waals surface area contributed by atoms with Crippen LogP contribution in [0.5, 0.6) is 5.75 Å². The third-order valence-corrected chi connectivity index (χ3v) is 8.27. The molecule has 2 heterocycles. The molecule has 0 radical (unpaired) electrons. The van der Waals surface area contributed by atoms with Crippen molar-refractivity contribution in [2.45, 2.75) is 17.5 Å². The molecule has 1 N–H and O–H groups in total. The van der Waals surface area contributed by atoms with Crippen molar-refractivity contribution in [1.29, 1.82) is 0 Å². The number of halogens is 5. The quantitative estimate of drug-likeness (QED) is 0.434. The number of ether oxygens (including phenoxy) is 1. The number of anilines is 1. The zero-order valence-corrected chi connectivity index (χ0v) is 22.2. The van der Waals surface area contributed by atoms with E-state index >= 15 is 0 Å². The molecule has 1 saturated heterocycles. The summed E-state index contributed by atoms with van der Waals surface area (Å²) in [6.45, 7) is 0.160. The topological polar surface area (TPSA) is 104 Å². The highest BCUT2D eigenvalue weighted by Gasteiger charge is 2.35. The highest BCUT2D eigenvalue weighted by atomic mass is 32.2. The molecule has 2 aliphatic rings. The number of hydrogen-bond acceptors (Lipinski definition) is 5. The molecule has 8 nitrogen and oxygen atoms in total. The minimum Gasteiger partial charge on any atom is -0.489 e. The van der Waals surface area contributed by atoms with Crippen LogP contribution in [0.4, 0.5) is 27.6 Å². The van der Waals surface area contributed by atoms with Gasteiger partial charge in [-0.1, -0.05) is 12.1 Å². The average Bonchev–Trinajstić information content (AvgIpc) is 3.27. The second-order valence-electron chi connectivity index (χ2n) is 9.27. The van der Waals surface area contributed by atoms with Crippen LogP contribution in [0.25, 0.3) is 11.1 Å². The number of nitrogens with zero attached hydrogens (tertiary/aromatic N) is 2. The number of sulfonamides is 1. The number of fused-ring (bicyclic) bond motifs is 1. The molecule has 3 aromatic carbocycles. The van der Waals surface area contributed by atoms with Crippen LogP contribution >= 0.6 is 0 Å². The zero-order valence-electron chi connectivity index (χ0n) is 21.4. The van der Waals surface area contributed by atoms with Crippen molar-refractivity contribution in [2.75, 3.05) is 31.0 Å². The van der Waals surface area contributed by atoms with Crippen molar-refractivity contribution in [3.63, 3.8) is 0 Å². The number of carbonyl (C=O) groups is 2. The van der Waals surface area contributed by atoms with E-state index in [9.17, 15) is 40.0 Å². The van der Waals surface area contributed by atoms with Crippen molar-refractivity contribution in [2.24, 2.45) is 5.92 Å². The molecule has 1 unspecified atom stereocenters. The number of benzene rings is 3. The van der Waals surface area contributed by atoms with E-state index in [0.717, 1.165) is 40.7 Å². The number of carbonyl (C=O) groups excluding carboxylic acids is 1. The summed E-state index contributed by atoms with van der Waals surface area (Å²) in [4.78, 5) is 22.0. The molecule has 0 aromatic heterocycles. The Morgan fingerprint density at radius 2 is 1.78 bits per heavy atom. The van der Waals surface area contributed by atoms with Gasteiger partial charge >= 0.3 is 12.1 Å². The maximum Gasteiger partial charge on any atom is 0.416 e. The first-order valence-electron chi connectivity index (χ1n) is 12.1. The summed E-state index contributed by atoms with van der Waals surface area (Å²) in [5.41, 5.74) is -0.988. The number of carboxylic acids is 1. The maximum absolute atomic E-state index is 14.2. The van der Waals surface area contributed by atoms with Crippen LogP contribution in [0.3, 0.4) is 0 Å². The third-order valence-electron chi connectivity index (χ3n) is 6.46. The fourth-order valence-corrected chi connectivity index (χ4v) is 5.82. The van der Waals surface area contributed by atoms with Crippen LogP contribution in [0, 0.1) is 17.6 Å². The Morgan fingerprint density at radius 3 is 2.39 bits per heavy atom. The average molecular weight is 599 g/mol. The van der Waals surface area contributed by atoms with Crippen molar-refractivity contribution < 1.29 is 49.8 Å². The number of hydrogen-bond donors (Lipinski definition) is 1. The van der Waals surface area contributed by atoms with Crippen LogP contribution in [0.2, 0.25) is 0 Å². The maximum atomic E-state index is 14.2. The van der Waals surface area contributed by atoms with Crippen molar-refractivity contribution >= 4 is 27.6 Å². The van der Waals surface area contributed by atoms with E-state index < -0.39 is 50.2 Å². The molecule has 0 bridgehead atoms. The molecule has 14 heteroatoms. The van der Waals surface area contributed by atoms with Crippen molar-refractivity contribution in [3.8, 4) is 16.9 Å². The van der Waals surface area contributed by atoms with E-state index in [-0.39, 0.29) is 48.0 Å². The summed E-state index contributed by atoms with van der Waals surface area (Å²) >= 11 is 0. The Kier molecular flexibility index (Phi) is 8.24. The number of aliphatic carboxylic acids is 1. The molecule has 0 aliphatic carbocycles. The fourth-order valence-electron chi connectivity index (χ4n) is 4.32. The van der Waals surface area contributed by atoms with Gasteiger partial charge in [0.2, 0.25) is 5.91 Å². The molecule has 2 aliphatic heterocycles. The molecule has 218 valence electrons. The lowest BCUT2D eigenvalue weighted by Gasteiger charge is -2.31. The Morgan fingerprint density at radius 1 is 1.05 bits per heavy atom. The molecular formula is C27H23F5N2O6S. The van der Waals surface area contributed by atoms with Gasteiger partial charge in [-0.05, 0) is 54.1 Å². The van der Waals surface area contributed by atoms with E-state index in [1.54, 1.807) is 7.05 Å². The molecule has 1 amide bonds. The van der Waals surface area contributed by atoms with Gasteiger partial charge in [-0.2, -0.15) is 13.2 Å². The fraction of sp³-hybridized carbons (Fsp3) is 0.259. The summed E-state index contributed by atoms with van der Waals surface area (Å²) in [5, 5.41) is 8.47. The van der Waals surface area contributed by atoms with Crippen molar-refractivity contribution in [1.82, 2.24) is 4.90 Å². The number of carboxylic acid groups (broad SMARTS) is 1. The summed E-state index contributed by atoms with van der Waals surface area (Å²) in [5.74, 6) is -2.69. The summed E-state index contributed by atoms with van der Waals surface area (Å²) in [6.07, 6.45) is -4.55. The molecule has 5 rings (SSSR count). The van der Waals surface area contributed by atoms with Gasteiger partial charge in [0.15, 0.2) is 0 Å². The van der Waals surface area contributed by atoms with E-state index in [0.29, 0.717) is 12.6 Å². The lowest BCUT2D eigenvalue weighted by atomic mass is 10.0. The number of likely N-dealkylation sites (tertiary alicyclic amines) is 1. The summed E-state index contributed by atoms with van der Waals surface area (Å²) < 4.78 is 99.7. The summed E-state index contributed by atoms with van der Waals surface area (Å²) in [6, 6.07) is 10.4. The van der Waals surface area contributed by atoms with Crippen molar-refractivity contribution in [3.05, 3.63) is 77.9 Å². The second kappa shape index (κ2) is 11.4. The molecule has 3 aromatic rings. The molecule has 0 saturated carbocycles. The lowest BCUT2D eigenvalue weighted by Crippen LogP contribution is -2.38. The first-order valence-corrected chi connectivity index (χ1v) is 13.5. The van der Waals surface area contributed by atoms with Crippen LogP contribution in [0.1, 0.15) is 12.0 Å². The van der Waals surface area contributed by atoms with E-state index in [1.807, 2.05) is 0 Å². The number of amides is 1. The van der Waals surface area contributed by atoms with Gasteiger partial charge in [-0.25, -0.2) is 17.2 Å². The predicted molar refractivity (Wildman–Crippen MR) is 137 cm³/mol. The Balaban J connectivity index is 0.000000328. The predicted octanol–water partition coefficient (Wildman–Crippen LogP) is 4.79. The largest absolute Gasteiger partial charge is 0.489 e. The summed E-state index contributed by atoms with van der Waals surface area (Å²) in [7, 11) is -2.77. The molecular weight excluding hydrogens is 575 g/mol. The van der Waals surface area contributed by atoms with Crippen LogP contribution in [-0.2, 0) is 25.8 Å². The van der Waals surface area contributed by atoms with Crippen LogP contribution in [-0.4, -0.2) is 57.0 Å². The standard InChI is InChI=1S/C21H14F5NO3S.C6H9NO3/c22-15-5-6-18(23)17(12-15)13-4-7-20-19(10-13)27(8-9-30-20)31(28,29)16-3-1-2-14(11-16)21(24,25)26;1-7-3-4(6(9)10)2-5(7)8/h1-7,10-12H,8-9H2;4H,2-3H2,1H3,(H,9,10). The SMILES string of the molecule is CN1CC(C(=O)O)CC1=O.O=S(=O)(c1cccc(C(F)(F)F)c1)N1CCOc2ccc(-c3cc(F)ccc3F)cc21. The Labute approximate surface area is 231 Å². The monoisotopic (exact) mass is 598 g/mol. The molecule has 1 fully saturated rings. The normalized spacial score (nSPS) is 16.9. The van der Waals surface area contributed by atoms with Gasteiger partial charge < -0.3 is 14.7 Å². The van der Waals surface area contributed by atoms with Gasteiger partial charge in [0.25, 0.3) is 10.0 Å². The Hall–Kier alpha value is -4.20. The Bertz CT molecular complexity index is 1600. The first kappa shape index (κ1) is 29.8. The minimum absolute atomic E-state index is 0.0184.